The average molecular weight is 222 g/mol. The molecule has 2 heteroatoms. The van der Waals surface area contributed by atoms with E-state index in [1.165, 1.54) is 5.56 Å². The maximum Gasteiger partial charge on any atom is 0.0998 e. The smallest absolute Gasteiger partial charge is 0.0998 e. The normalized spacial score (nSPS) is 11.2. The summed E-state index contributed by atoms with van der Waals surface area (Å²) in [5, 5.41) is 9.17. The quantitative estimate of drug-likeness (QED) is 0.791. The standard InChI is InChI=1S/C15H14N2/c1-2-12-5-7-13(8-6-12)14(11-16)10-15-4-3-9-17-15/h3-10,17H,2H2,1H3/b14-10+. The van der Waals surface area contributed by atoms with Gasteiger partial charge in [0, 0.05) is 11.9 Å². The number of aromatic amines is 1. The van der Waals surface area contributed by atoms with E-state index in [1.54, 1.807) is 0 Å². The number of hydrogen-bond acceptors (Lipinski definition) is 1. The third kappa shape index (κ3) is 2.64. The Kier molecular flexibility index (Phi) is 3.42. The third-order valence-corrected chi connectivity index (χ3v) is 2.72. The summed E-state index contributed by atoms with van der Waals surface area (Å²) < 4.78 is 0. The van der Waals surface area contributed by atoms with Crippen molar-refractivity contribution in [2.75, 3.05) is 0 Å². The maximum atomic E-state index is 9.17. The van der Waals surface area contributed by atoms with Crippen molar-refractivity contribution < 1.29 is 0 Å². The number of H-pyrrole nitrogens is 1. The Morgan fingerprint density at radius 1 is 1.29 bits per heavy atom. The molecule has 0 aliphatic rings. The zero-order valence-corrected chi connectivity index (χ0v) is 9.77. The van der Waals surface area contributed by atoms with E-state index in [9.17, 15) is 5.26 Å². The lowest BCUT2D eigenvalue weighted by atomic mass is 10.0. The number of aryl methyl sites for hydroxylation is 1. The molecule has 0 aliphatic heterocycles. The summed E-state index contributed by atoms with van der Waals surface area (Å²) in [5.74, 6) is 0. The molecule has 84 valence electrons. The highest BCUT2D eigenvalue weighted by atomic mass is 14.7. The first-order valence-corrected chi connectivity index (χ1v) is 5.68. The van der Waals surface area contributed by atoms with Crippen LogP contribution in [0, 0.1) is 11.3 Å². The summed E-state index contributed by atoms with van der Waals surface area (Å²) in [7, 11) is 0. The van der Waals surface area contributed by atoms with Crippen molar-refractivity contribution in [2.24, 2.45) is 0 Å². The zero-order chi connectivity index (χ0) is 12.1. The predicted molar refractivity (Wildman–Crippen MR) is 70.1 cm³/mol. The summed E-state index contributed by atoms with van der Waals surface area (Å²) in [5.41, 5.74) is 3.86. The van der Waals surface area contributed by atoms with Gasteiger partial charge in [-0.25, -0.2) is 0 Å². The molecule has 0 unspecified atom stereocenters. The van der Waals surface area contributed by atoms with E-state index in [0.717, 1.165) is 17.7 Å². The summed E-state index contributed by atoms with van der Waals surface area (Å²) >= 11 is 0. The fourth-order valence-electron chi connectivity index (χ4n) is 1.69. The Hall–Kier alpha value is -2.27. The largest absolute Gasteiger partial charge is 0.362 e. The number of nitrogens with zero attached hydrogens (tertiary/aromatic N) is 1. The van der Waals surface area contributed by atoms with E-state index in [4.69, 9.17) is 0 Å². The van der Waals surface area contributed by atoms with Gasteiger partial charge in [-0.2, -0.15) is 5.26 Å². The van der Waals surface area contributed by atoms with Crippen molar-refractivity contribution in [2.45, 2.75) is 13.3 Å². The van der Waals surface area contributed by atoms with Gasteiger partial charge < -0.3 is 4.98 Å². The fraction of sp³-hybridized carbons (Fsp3) is 0.133. The average Bonchev–Trinajstić information content (AvgIpc) is 2.89. The molecular weight excluding hydrogens is 208 g/mol. The predicted octanol–water partition coefficient (Wildman–Crippen LogP) is 3.64. The van der Waals surface area contributed by atoms with Gasteiger partial charge >= 0.3 is 0 Å². The molecule has 0 saturated carbocycles. The highest BCUT2D eigenvalue weighted by molar-refractivity contribution is 5.88. The molecule has 1 N–H and O–H groups in total. The SMILES string of the molecule is CCc1ccc(/C(C#N)=C/c2ccc[nH]2)cc1. The molecule has 0 atom stereocenters. The number of nitrogens with one attached hydrogen (secondary N) is 1. The molecule has 0 spiro atoms. The van der Waals surface area contributed by atoms with Crippen LogP contribution in [0.2, 0.25) is 0 Å². The van der Waals surface area contributed by atoms with Crippen LogP contribution in [0.4, 0.5) is 0 Å². The van der Waals surface area contributed by atoms with Gasteiger partial charge in [-0.1, -0.05) is 31.2 Å². The second-order valence-electron chi connectivity index (χ2n) is 3.85. The molecule has 0 amide bonds. The number of rotatable bonds is 3. The molecule has 0 radical (unpaired) electrons. The molecule has 0 aliphatic carbocycles. The van der Waals surface area contributed by atoms with Gasteiger partial charge in [0.05, 0.1) is 11.6 Å². The van der Waals surface area contributed by atoms with Crippen molar-refractivity contribution in [1.29, 1.82) is 5.26 Å². The molecule has 1 aromatic carbocycles. The minimum atomic E-state index is 0.676. The van der Waals surface area contributed by atoms with Gasteiger partial charge in [0.15, 0.2) is 0 Å². The van der Waals surface area contributed by atoms with Crippen LogP contribution in [-0.2, 0) is 6.42 Å². The maximum absolute atomic E-state index is 9.17. The molecule has 17 heavy (non-hydrogen) atoms. The number of benzene rings is 1. The van der Waals surface area contributed by atoms with Crippen LogP contribution in [0.25, 0.3) is 11.6 Å². The molecule has 2 nitrogen and oxygen atoms in total. The molecule has 2 rings (SSSR count). The number of hydrogen-bond donors (Lipinski definition) is 1. The van der Waals surface area contributed by atoms with Gasteiger partial charge in [0.25, 0.3) is 0 Å². The highest BCUT2D eigenvalue weighted by Gasteiger charge is 2.01. The Morgan fingerprint density at radius 3 is 2.59 bits per heavy atom. The van der Waals surface area contributed by atoms with E-state index in [2.05, 4.69) is 30.1 Å². The summed E-state index contributed by atoms with van der Waals surface area (Å²) in [6.45, 7) is 2.12. The second-order valence-corrected chi connectivity index (χ2v) is 3.85. The first-order chi connectivity index (χ1) is 8.33. The second kappa shape index (κ2) is 5.18. The number of allylic oxidation sites excluding steroid dienone is 1. The van der Waals surface area contributed by atoms with Crippen LogP contribution in [0.5, 0.6) is 0 Å². The van der Waals surface area contributed by atoms with E-state index in [1.807, 2.05) is 36.5 Å². The first kappa shape index (κ1) is 11.2. The lowest BCUT2D eigenvalue weighted by Crippen LogP contribution is -1.84. The lowest BCUT2D eigenvalue weighted by Gasteiger charge is -2.01. The van der Waals surface area contributed by atoms with Crippen LogP contribution in [0.15, 0.2) is 42.6 Å². The van der Waals surface area contributed by atoms with Gasteiger partial charge in [-0.3, -0.25) is 0 Å². The third-order valence-electron chi connectivity index (χ3n) is 2.72. The molecule has 2 aromatic rings. The minimum Gasteiger partial charge on any atom is -0.362 e. The zero-order valence-electron chi connectivity index (χ0n) is 9.77. The van der Waals surface area contributed by atoms with Crippen LogP contribution in [0.3, 0.4) is 0 Å². The van der Waals surface area contributed by atoms with Crippen LogP contribution < -0.4 is 0 Å². The molecule has 1 heterocycles. The lowest BCUT2D eigenvalue weighted by molar-refractivity contribution is 1.14. The van der Waals surface area contributed by atoms with Crippen molar-refractivity contribution in [3.63, 3.8) is 0 Å². The van der Waals surface area contributed by atoms with Crippen molar-refractivity contribution in [3.05, 3.63) is 59.4 Å². The van der Waals surface area contributed by atoms with Crippen LogP contribution in [-0.4, -0.2) is 4.98 Å². The van der Waals surface area contributed by atoms with E-state index >= 15 is 0 Å². The minimum absolute atomic E-state index is 0.676. The monoisotopic (exact) mass is 222 g/mol. The van der Waals surface area contributed by atoms with Crippen LogP contribution >= 0.6 is 0 Å². The molecule has 0 bridgehead atoms. The van der Waals surface area contributed by atoms with Gasteiger partial charge in [0.2, 0.25) is 0 Å². The van der Waals surface area contributed by atoms with Crippen molar-refractivity contribution >= 4 is 11.6 Å². The number of nitriles is 1. The van der Waals surface area contributed by atoms with Crippen LogP contribution in [0.1, 0.15) is 23.7 Å². The fourth-order valence-corrected chi connectivity index (χ4v) is 1.69. The first-order valence-electron chi connectivity index (χ1n) is 5.68. The Balaban J connectivity index is 2.33. The molecular formula is C15H14N2. The Morgan fingerprint density at radius 2 is 2.06 bits per heavy atom. The highest BCUT2D eigenvalue weighted by Crippen LogP contribution is 2.17. The molecule has 0 fully saturated rings. The topological polar surface area (TPSA) is 39.6 Å². The number of aromatic nitrogens is 1. The van der Waals surface area contributed by atoms with Gasteiger partial charge in [-0.05, 0) is 35.8 Å². The Labute approximate surface area is 101 Å². The van der Waals surface area contributed by atoms with E-state index in [-0.39, 0.29) is 0 Å². The van der Waals surface area contributed by atoms with E-state index in [0.29, 0.717) is 5.57 Å². The van der Waals surface area contributed by atoms with Crippen molar-refractivity contribution in [3.8, 4) is 6.07 Å². The summed E-state index contributed by atoms with van der Waals surface area (Å²) in [6.07, 6.45) is 4.73. The van der Waals surface area contributed by atoms with Crippen molar-refractivity contribution in [1.82, 2.24) is 4.98 Å². The summed E-state index contributed by atoms with van der Waals surface area (Å²) in [4.78, 5) is 3.07. The van der Waals surface area contributed by atoms with Gasteiger partial charge in [-0.15, -0.1) is 0 Å². The Bertz CT molecular complexity index is 540. The van der Waals surface area contributed by atoms with E-state index < -0.39 is 0 Å². The van der Waals surface area contributed by atoms with Gasteiger partial charge in [0.1, 0.15) is 0 Å². The molecule has 0 saturated heterocycles. The molecule has 1 aromatic heterocycles. The summed E-state index contributed by atoms with van der Waals surface area (Å²) in [6, 6.07) is 14.2.